The van der Waals surface area contributed by atoms with Gasteiger partial charge in [0.25, 0.3) is 5.56 Å². The molecule has 0 radical (unpaired) electrons. The van der Waals surface area contributed by atoms with Gasteiger partial charge in [0.15, 0.2) is 0 Å². The minimum atomic E-state index is 0.0251. The van der Waals surface area contributed by atoms with Gasteiger partial charge >= 0.3 is 0 Å². The molecule has 1 aliphatic heterocycles. The third-order valence-corrected chi connectivity index (χ3v) is 3.42. The van der Waals surface area contributed by atoms with E-state index in [0.717, 1.165) is 28.6 Å². The summed E-state index contributed by atoms with van der Waals surface area (Å²) in [6, 6.07) is 0.0959. The topological polar surface area (TPSA) is 57.8 Å². The third-order valence-electron chi connectivity index (χ3n) is 2.45. The van der Waals surface area contributed by atoms with Crippen LogP contribution in [0, 0.1) is 0 Å². The molecule has 0 saturated heterocycles. The largest absolute Gasteiger partial charge is 0.311 e. The molecule has 0 bridgehead atoms. The van der Waals surface area contributed by atoms with Crippen molar-refractivity contribution < 1.29 is 0 Å². The highest BCUT2D eigenvalue weighted by atomic mass is 32.2. The molecular formula is C9H13N3OS. The number of rotatable bonds is 2. The first kappa shape index (κ1) is 9.73. The van der Waals surface area contributed by atoms with E-state index in [9.17, 15) is 4.79 Å². The molecular weight excluding hydrogens is 198 g/mol. The first-order valence-electron chi connectivity index (χ1n) is 4.59. The summed E-state index contributed by atoms with van der Waals surface area (Å²) >= 11 is 1.74. The van der Waals surface area contributed by atoms with Crippen LogP contribution in [0.1, 0.15) is 30.0 Å². The van der Waals surface area contributed by atoms with Crippen molar-refractivity contribution in [2.75, 3.05) is 7.05 Å². The van der Waals surface area contributed by atoms with Gasteiger partial charge in [-0.15, -0.1) is 0 Å². The van der Waals surface area contributed by atoms with Gasteiger partial charge < -0.3 is 10.3 Å². The lowest BCUT2D eigenvalue weighted by molar-refractivity contribution is 0.603. The van der Waals surface area contributed by atoms with Crippen molar-refractivity contribution in [3.05, 3.63) is 27.4 Å². The average molecular weight is 211 g/mol. The second-order valence-corrected chi connectivity index (χ2v) is 4.37. The van der Waals surface area contributed by atoms with Gasteiger partial charge in [0.2, 0.25) is 0 Å². The zero-order valence-corrected chi connectivity index (χ0v) is 9.07. The summed E-state index contributed by atoms with van der Waals surface area (Å²) in [5, 5.41) is 3.06. The Labute approximate surface area is 86.5 Å². The predicted molar refractivity (Wildman–Crippen MR) is 57.3 cm³/mol. The van der Waals surface area contributed by atoms with Crippen LogP contribution in [0.25, 0.3) is 0 Å². The molecule has 1 aromatic rings. The number of thioether (sulfide) groups is 1. The van der Waals surface area contributed by atoms with Gasteiger partial charge in [-0.25, -0.2) is 4.98 Å². The van der Waals surface area contributed by atoms with Crippen LogP contribution in [0.2, 0.25) is 0 Å². The SMILES string of the molecule is CNC(C)c1nc2c(c(=O)[nH]1)CSC2. The highest BCUT2D eigenvalue weighted by Gasteiger charge is 2.18. The van der Waals surface area contributed by atoms with E-state index < -0.39 is 0 Å². The number of fused-ring (bicyclic) bond motifs is 1. The van der Waals surface area contributed by atoms with Crippen LogP contribution < -0.4 is 10.9 Å². The van der Waals surface area contributed by atoms with E-state index in [0.29, 0.717) is 0 Å². The molecule has 1 aromatic heterocycles. The lowest BCUT2D eigenvalue weighted by Gasteiger charge is -2.09. The Balaban J connectivity index is 2.47. The van der Waals surface area contributed by atoms with Gasteiger partial charge in [-0.1, -0.05) is 0 Å². The fraction of sp³-hybridized carbons (Fsp3) is 0.556. The molecule has 0 aromatic carbocycles. The lowest BCUT2D eigenvalue weighted by atomic mass is 10.2. The van der Waals surface area contributed by atoms with Gasteiger partial charge in [-0.3, -0.25) is 4.79 Å². The normalized spacial score (nSPS) is 16.7. The molecule has 1 unspecified atom stereocenters. The van der Waals surface area contributed by atoms with Crippen molar-refractivity contribution in [3.63, 3.8) is 0 Å². The molecule has 0 spiro atoms. The van der Waals surface area contributed by atoms with E-state index in [-0.39, 0.29) is 11.6 Å². The maximum Gasteiger partial charge on any atom is 0.255 e. The van der Waals surface area contributed by atoms with Crippen LogP contribution in [0.5, 0.6) is 0 Å². The fourth-order valence-corrected chi connectivity index (χ4v) is 2.46. The van der Waals surface area contributed by atoms with E-state index in [1.807, 2.05) is 14.0 Å². The minimum absolute atomic E-state index is 0.0251. The maximum atomic E-state index is 11.6. The molecule has 0 aliphatic carbocycles. The van der Waals surface area contributed by atoms with E-state index in [1.165, 1.54) is 0 Å². The fourth-order valence-electron chi connectivity index (χ4n) is 1.42. The summed E-state index contributed by atoms with van der Waals surface area (Å²) in [5.41, 5.74) is 1.83. The molecule has 14 heavy (non-hydrogen) atoms. The molecule has 76 valence electrons. The molecule has 0 fully saturated rings. The number of hydrogen-bond donors (Lipinski definition) is 2. The van der Waals surface area contributed by atoms with E-state index in [2.05, 4.69) is 15.3 Å². The summed E-state index contributed by atoms with van der Waals surface area (Å²) in [4.78, 5) is 18.9. The van der Waals surface area contributed by atoms with Gasteiger partial charge in [0, 0.05) is 17.1 Å². The predicted octanol–water partition coefficient (Wildman–Crippen LogP) is 0.797. The molecule has 4 nitrogen and oxygen atoms in total. The number of aromatic amines is 1. The average Bonchev–Trinajstić information content (AvgIpc) is 2.64. The smallest absolute Gasteiger partial charge is 0.255 e. The monoisotopic (exact) mass is 211 g/mol. The molecule has 2 rings (SSSR count). The number of aromatic nitrogens is 2. The van der Waals surface area contributed by atoms with Crippen LogP contribution >= 0.6 is 11.8 Å². The highest BCUT2D eigenvalue weighted by molar-refractivity contribution is 7.98. The minimum Gasteiger partial charge on any atom is -0.311 e. The summed E-state index contributed by atoms with van der Waals surface area (Å²) in [5.74, 6) is 2.40. The summed E-state index contributed by atoms with van der Waals surface area (Å²) in [7, 11) is 1.85. The van der Waals surface area contributed by atoms with Gasteiger partial charge in [0.05, 0.1) is 11.7 Å². The van der Waals surface area contributed by atoms with Crippen molar-refractivity contribution in [2.45, 2.75) is 24.5 Å². The Morgan fingerprint density at radius 3 is 3.07 bits per heavy atom. The summed E-state index contributed by atoms with van der Waals surface area (Å²) in [6.07, 6.45) is 0. The second-order valence-electron chi connectivity index (χ2n) is 3.38. The zero-order valence-electron chi connectivity index (χ0n) is 8.26. The van der Waals surface area contributed by atoms with Crippen molar-refractivity contribution >= 4 is 11.8 Å². The first-order chi connectivity index (χ1) is 6.72. The number of hydrogen-bond acceptors (Lipinski definition) is 4. The van der Waals surface area contributed by atoms with Crippen molar-refractivity contribution in [2.24, 2.45) is 0 Å². The second kappa shape index (κ2) is 3.74. The van der Waals surface area contributed by atoms with Gasteiger partial charge in [-0.2, -0.15) is 11.8 Å². The zero-order chi connectivity index (χ0) is 10.1. The van der Waals surface area contributed by atoms with E-state index >= 15 is 0 Å². The third kappa shape index (κ3) is 1.57. The Bertz CT molecular complexity index is 402. The Morgan fingerprint density at radius 1 is 1.57 bits per heavy atom. The number of nitrogens with one attached hydrogen (secondary N) is 2. The molecule has 2 heterocycles. The molecule has 0 amide bonds. The number of nitrogens with zero attached hydrogens (tertiary/aromatic N) is 1. The van der Waals surface area contributed by atoms with Crippen molar-refractivity contribution in [1.82, 2.24) is 15.3 Å². The van der Waals surface area contributed by atoms with Crippen LogP contribution in [0.3, 0.4) is 0 Å². The Kier molecular flexibility index (Phi) is 2.60. The highest BCUT2D eigenvalue weighted by Crippen LogP contribution is 2.25. The van der Waals surface area contributed by atoms with Crippen LogP contribution in [-0.2, 0) is 11.5 Å². The summed E-state index contributed by atoms with van der Waals surface area (Å²) < 4.78 is 0. The summed E-state index contributed by atoms with van der Waals surface area (Å²) in [6.45, 7) is 1.98. The maximum absolute atomic E-state index is 11.6. The van der Waals surface area contributed by atoms with Gasteiger partial charge in [-0.05, 0) is 14.0 Å². The molecule has 1 aliphatic rings. The first-order valence-corrected chi connectivity index (χ1v) is 5.75. The molecule has 0 saturated carbocycles. The Hall–Kier alpha value is -0.810. The lowest BCUT2D eigenvalue weighted by Crippen LogP contribution is -2.23. The molecule has 5 heteroatoms. The van der Waals surface area contributed by atoms with Crippen LogP contribution in [-0.4, -0.2) is 17.0 Å². The van der Waals surface area contributed by atoms with E-state index in [4.69, 9.17) is 0 Å². The Morgan fingerprint density at radius 2 is 2.36 bits per heavy atom. The standard InChI is InChI=1S/C9H13N3OS/c1-5(10-2)8-11-7-4-14-3-6(7)9(13)12-8/h5,10H,3-4H2,1-2H3,(H,11,12,13). The molecule has 2 N–H and O–H groups in total. The quantitative estimate of drug-likeness (QED) is 0.759. The van der Waals surface area contributed by atoms with Crippen LogP contribution in [0.4, 0.5) is 0 Å². The molecule has 1 atom stereocenters. The van der Waals surface area contributed by atoms with Crippen LogP contribution in [0.15, 0.2) is 4.79 Å². The number of H-pyrrole nitrogens is 1. The van der Waals surface area contributed by atoms with Crippen molar-refractivity contribution in [3.8, 4) is 0 Å². The van der Waals surface area contributed by atoms with E-state index in [1.54, 1.807) is 11.8 Å². The van der Waals surface area contributed by atoms with Crippen molar-refractivity contribution in [1.29, 1.82) is 0 Å². The van der Waals surface area contributed by atoms with Gasteiger partial charge in [0.1, 0.15) is 5.82 Å².